The van der Waals surface area contributed by atoms with Gasteiger partial charge in [0.1, 0.15) is 0 Å². The van der Waals surface area contributed by atoms with E-state index < -0.39 is 0 Å². The molecule has 1 heterocycles. The number of rotatable bonds is 8. The van der Waals surface area contributed by atoms with Gasteiger partial charge in [0.15, 0.2) is 0 Å². The summed E-state index contributed by atoms with van der Waals surface area (Å²) < 4.78 is 0. The molecule has 3 rings (SSSR count). The van der Waals surface area contributed by atoms with Crippen molar-refractivity contribution in [3.63, 3.8) is 0 Å². The summed E-state index contributed by atoms with van der Waals surface area (Å²) in [5, 5.41) is 5.68. The molecular weight excluding hydrogens is 344 g/mol. The van der Waals surface area contributed by atoms with Crippen molar-refractivity contribution in [3.05, 3.63) is 29.8 Å². The summed E-state index contributed by atoms with van der Waals surface area (Å²) >= 11 is 0. The Morgan fingerprint density at radius 2 is 2.07 bits per heavy atom. The number of carbonyl (C=O) groups is 3. The maximum Gasteiger partial charge on any atom is 0.234 e. The molecule has 3 atom stereocenters. The molecule has 1 saturated carbocycles. The Morgan fingerprint density at radius 1 is 1.30 bits per heavy atom. The second kappa shape index (κ2) is 8.52. The number of carbonyl (C=O) groups excluding carboxylic acids is 3. The van der Waals surface area contributed by atoms with Crippen LogP contribution in [0.4, 0.5) is 5.69 Å². The molecule has 3 unspecified atom stereocenters. The van der Waals surface area contributed by atoms with E-state index in [0.717, 1.165) is 37.1 Å². The molecule has 7 nitrogen and oxygen atoms in total. The van der Waals surface area contributed by atoms with Crippen LogP contribution in [0.25, 0.3) is 0 Å². The Morgan fingerprint density at radius 3 is 2.78 bits per heavy atom. The van der Waals surface area contributed by atoms with Crippen molar-refractivity contribution >= 4 is 23.4 Å². The van der Waals surface area contributed by atoms with Crippen LogP contribution in [0.2, 0.25) is 0 Å². The van der Waals surface area contributed by atoms with Crippen LogP contribution in [0.1, 0.15) is 38.2 Å². The molecule has 1 aliphatic heterocycles. The van der Waals surface area contributed by atoms with E-state index >= 15 is 0 Å². The normalized spacial score (nSPS) is 24.4. The molecule has 27 heavy (non-hydrogen) atoms. The monoisotopic (exact) mass is 372 g/mol. The van der Waals surface area contributed by atoms with Crippen molar-refractivity contribution in [3.8, 4) is 0 Å². The smallest absolute Gasteiger partial charge is 0.234 e. The molecule has 1 saturated heterocycles. The molecular formula is C20H28N4O3. The number of nitrogens with one attached hydrogen (secondary N) is 2. The van der Waals surface area contributed by atoms with Crippen LogP contribution in [-0.2, 0) is 20.9 Å². The zero-order chi connectivity index (χ0) is 19.4. The molecule has 1 aliphatic carbocycles. The van der Waals surface area contributed by atoms with E-state index in [1.165, 1.54) is 0 Å². The van der Waals surface area contributed by atoms with Crippen LogP contribution in [0.5, 0.6) is 0 Å². The molecule has 2 fully saturated rings. The number of nitrogens with two attached hydrogens (primary N) is 1. The third-order valence-electron chi connectivity index (χ3n) is 5.39. The molecule has 2 aliphatic rings. The molecule has 1 aromatic rings. The highest BCUT2D eigenvalue weighted by molar-refractivity contribution is 5.91. The second-order valence-corrected chi connectivity index (χ2v) is 7.64. The Hall–Kier alpha value is -2.41. The second-order valence-electron chi connectivity index (χ2n) is 7.64. The van der Waals surface area contributed by atoms with E-state index in [2.05, 4.69) is 22.5 Å². The number of benzene rings is 1. The quantitative estimate of drug-likeness (QED) is 0.638. The molecule has 146 valence electrons. The maximum absolute atomic E-state index is 12.1. The third kappa shape index (κ3) is 5.29. The standard InChI is InChI=1S/C20H28N4O3/c1-13-10-16(13)20(27)22-8-7-18(25)23-15-5-2-4-14(11-15)12-24-9-3-6-17(24)19(21)26/h2,4-5,11,13,16-17H,3,6-10,12H2,1H3,(H2,21,26)(H,22,27)(H,23,25). The van der Waals surface area contributed by atoms with E-state index in [9.17, 15) is 14.4 Å². The summed E-state index contributed by atoms with van der Waals surface area (Å²) in [6.07, 6.45) is 2.96. The summed E-state index contributed by atoms with van der Waals surface area (Å²) in [5.74, 6) is 0.227. The van der Waals surface area contributed by atoms with Gasteiger partial charge in [0.2, 0.25) is 17.7 Å². The van der Waals surface area contributed by atoms with Crippen LogP contribution in [0.15, 0.2) is 24.3 Å². The van der Waals surface area contributed by atoms with E-state index in [4.69, 9.17) is 5.73 Å². The number of anilines is 1. The molecule has 3 amide bonds. The van der Waals surface area contributed by atoms with Gasteiger partial charge in [0, 0.05) is 31.1 Å². The Labute approximate surface area is 159 Å². The molecule has 0 aromatic heterocycles. The zero-order valence-corrected chi connectivity index (χ0v) is 15.7. The first-order chi connectivity index (χ1) is 12.9. The van der Waals surface area contributed by atoms with Gasteiger partial charge < -0.3 is 16.4 Å². The summed E-state index contributed by atoms with van der Waals surface area (Å²) in [4.78, 5) is 37.5. The first kappa shape index (κ1) is 19.4. The van der Waals surface area contributed by atoms with Gasteiger partial charge >= 0.3 is 0 Å². The number of hydrogen-bond acceptors (Lipinski definition) is 4. The SMILES string of the molecule is CC1CC1C(=O)NCCC(=O)Nc1cccc(CN2CCCC2C(N)=O)c1. The van der Waals surface area contributed by atoms with Crippen molar-refractivity contribution in [1.82, 2.24) is 10.2 Å². The van der Waals surface area contributed by atoms with Gasteiger partial charge in [-0.25, -0.2) is 0 Å². The zero-order valence-electron chi connectivity index (χ0n) is 15.7. The van der Waals surface area contributed by atoms with Gasteiger partial charge in [-0.15, -0.1) is 0 Å². The van der Waals surface area contributed by atoms with Crippen LogP contribution >= 0.6 is 0 Å². The lowest BCUT2D eigenvalue weighted by atomic mass is 10.1. The molecule has 4 N–H and O–H groups in total. The summed E-state index contributed by atoms with van der Waals surface area (Å²) in [7, 11) is 0. The first-order valence-corrected chi connectivity index (χ1v) is 9.64. The number of primary amides is 1. The van der Waals surface area contributed by atoms with Crippen LogP contribution in [0.3, 0.4) is 0 Å². The van der Waals surface area contributed by atoms with Crippen molar-refractivity contribution < 1.29 is 14.4 Å². The predicted molar refractivity (Wildman–Crippen MR) is 103 cm³/mol. The fourth-order valence-corrected chi connectivity index (χ4v) is 3.66. The van der Waals surface area contributed by atoms with Crippen molar-refractivity contribution in [2.45, 2.75) is 45.2 Å². The van der Waals surface area contributed by atoms with Gasteiger partial charge in [0.25, 0.3) is 0 Å². The lowest BCUT2D eigenvalue weighted by Gasteiger charge is -2.22. The average Bonchev–Trinajstić information content (AvgIpc) is 3.16. The van der Waals surface area contributed by atoms with E-state index in [0.29, 0.717) is 19.0 Å². The molecule has 7 heteroatoms. The Kier molecular flexibility index (Phi) is 6.11. The fraction of sp³-hybridized carbons (Fsp3) is 0.550. The van der Waals surface area contributed by atoms with Crippen LogP contribution in [0, 0.1) is 11.8 Å². The van der Waals surface area contributed by atoms with E-state index in [1.54, 1.807) is 0 Å². The summed E-state index contributed by atoms with van der Waals surface area (Å²) in [6, 6.07) is 7.40. The fourth-order valence-electron chi connectivity index (χ4n) is 3.66. The van der Waals surface area contributed by atoms with Gasteiger partial charge in [-0.3, -0.25) is 19.3 Å². The highest BCUT2D eigenvalue weighted by Gasteiger charge is 2.38. The molecule has 1 aromatic carbocycles. The summed E-state index contributed by atoms with van der Waals surface area (Å²) in [5.41, 5.74) is 7.21. The molecule has 0 radical (unpaired) electrons. The van der Waals surface area contributed by atoms with Gasteiger partial charge in [0.05, 0.1) is 6.04 Å². The van der Waals surface area contributed by atoms with Crippen molar-refractivity contribution in [2.24, 2.45) is 17.6 Å². The lowest BCUT2D eigenvalue weighted by Crippen LogP contribution is -2.39. The topological polar surface area (TPSA) is 105 Å². The van der Waals surface area contributed by atoms with Gasteiger partial charge in [-0.2, -0.15) is 0 Å². The lowest BCUT2D eigenvalue weighted by molar-refractivity contribution is -0.123. The number of nitrogens with zero attached hydrogens (tertiary/aromatic N) is 1. The number of likely N-dealkylation sites (tertiary alicyclic amines) is 1. The van der Waals surface area contributed by atoms with Crippen molar-refractivity contribution in [2.75, 3.05) is 18.4 Å². The average molecular weight is 372 g/mol. The molecule has 0 bridgehead atoms. The van der Waals surface area contributed by atoms with Crippen LogP contribution in [-0.4, -0.2) is 41.8 Å². The van der Waals surface area contributed by atoms with Gasteiger partial charge in [-0.05, 0) is 49.4 Å². The number of amides is 3. The highest BCUT2D eigenvalue weighted by Crippen LogP contribution is 2.37. The minimum atomic E-state index is -0.278. The minimum Gasteiger partial charge on any atom is -0.368 e. The largest absolute Gasteiger partial charge is 0.368 e. The predicted octanol–water partition coefficient (Wildman–Crippen LogP) is 1.24. The van der Waals surface area contributed by atoms with Crippen molar-refractivity contribution in [1.29, 1.82) is 0 Å². The third-order valence-corrected chi connectivity index (χ3v) is 5.39. The van der Waals surface area contributed by atoms with Gasteiger partial charge in [-0.1, -0.05) is 19.1 Å². The Bertz CT molecular complexity index is 721. The maximum atomic E-state index is 12.1. The van der Waals surface area contributed by atoms with E-state index in [1.807, 2.05) is 24.3 Å². The van der Waals surface area contributed by atoms with E-state index in [-0.39, 0.29) is 36.1 Å². The highest BCUT2D eigenvalue weighted by atomic mass is 16.2. The number of hydrogen-bond donors (Lipinski definition) is 3. The first-order valence-electron chi connectivity index (χ1n) is 9.64. The Balaban J connectivity index is 1.46. The molecule has 0 spiro atoms. The summed E-state index contributed by atoms with van der Waals surface area (Å²) in [6.45, 7) is 3.88. The van der Waals surface area contributed by atoms with Crippen LogP contribution < -0.4 is 16.4 Å². The minimum absolute atomic E-state index is 0.0481.